The molecule has 1 aromatic carbocycles. The molecule has 0 radical (unpaired) electrons. The smallest absolute Gasteiger partial charge is 0.246 e. The number of amides is 1. The fourth-order valence-electron chi connectivity index (χ4n) is 2.28. The number of aliphatic hydroxyl groups is 1. The number of hydrogen-bond acceptors (Lipinski definition) is 4. The van der Waals surface area contributed by atoms with E-state index in [1.165, 1.54) is 6.08 Å². The summed E-state index contributed by atoms with van der Waals surface area (Å²) in [7, 11) is 1.55. The lowest BCUT2D eigenvalue weighted by Crippen LogP contribution is -2.40. The molecule has 1 aromatic rings. The van der Waals surface area contributed by atoms with Crippen LogP contribution >= 0.6 is 11.6 Å². The van der Waals surface area contributed by atoms with Gasteiger partial charge in [-0.25, -0.2) is 0 Å². The van der Waals surface area contributed by atoms with Crippen molar-refractivity contribution in [3.63, 3.8) is 0 Å². The normalized spacial score (nSPS) is 12.5. The van der Waals surface area contributed by atoms with Gasteiger partial charge in [0, 0.05) is 18.7 Å². The molecular weight excluding hydrogens is 342 g/mol. The third-order valence-electron chi connectivity index (χ3n) is 3.49. The molecule has 5 nitrogen and oxygen atoms in total. The average Bonchev–Trinajstić information content (AvgIpc) is 2.55. The molecule has 1 amide bonds. The van der Waals surface area contributed by atoms with Crippen LogP contribution in [0.3, 0.4) is 0 Å². The summed E-state index contributed by atoms with van der Waals surface area (Å²) in [6, 6.07) is 3.50. The van der Waals surface area contributed by atoms with Gasteiger partial charge < -0.3 is 19.5 Å². The molecule has 0 aromatic heterocycles. The van der Waals surface area contributed by atoms with E-state index >= 15 is 0 Å². The number of carbonyl (C=O) groups excluding carboxylic acids is 1. The number of carbonyl (C=O) groups is 1. The lowest BCUT2D eigenvalue weighted by Gasteiger charge is -2.26. The molecule has 1 rings (SSSR count). The molecule has 0 aliphatic rings. The van der Waals surface area contributed by atoms with E-state index in [0.29, 0.717) is 23.1 Å². The minimum atomic E-state index is -0.579. The third-order valence-corrected chi connectivity index (χ3v) is 3.77. The van der Waals surface area contributed by atoms with Crippen LogP contribution in [0.5, 0.6) is 11.5 Å². The quantitative estimate of drug-likeness (QED) is 0.673. The van der Waals surface area contributed by atoms with Gasteiger partial charge in [-0.15, -0.1) is 0 Å². The Morgan fingerprint density at radius 3 is 2.56 bits per heavy atom. The maximum Gasteiger partial charge on any atom is 0.246 e. The Kier molecular flexibility index (Phi) is 8.79. The second-order valence-electron chi connectivity index (χ2n) is 6.15. The summed E-state index contributed by atoms with van der Waals surface area (Å²) in [6.07, 6.45) is 3.44. The first-order chi connectivity index (χ1) is 11.8. The van der Waals surface area contributed by atoms with Crippen molar-refractivity contribution in [2.24, 2.45) is 0 Å². The van der Waals surface area contributed by atoms with E-state index in [2.05, 4.69) is 0 Å². The van der Waals surface area contributed by atoms with Crippen molar-refractivity contribution in [3.8, 4) is 11.5 Å². The molecule has 0 heterocycles. The number of methoxy groups -OCH3 is 1. The van der Waals surface area contributed by atoms with Crippen LogP contribution in [0.2, 0.25) is 5.02 Å². The van der Waals surface area contributed by atoms with Crippen LogP contribution in [0.4, 0.5) is 0 Å². The van der Waals surface area contributed by atoms with Gasteiger partial charge in [-0.3, -0.25) is 4.79 Å². The van der Waals surface area contributed by atoms with Crippen LogP contribution < -0.4 is 9.47 Å². The Bertz CT molecular complexity index is 599. The fraction of sp³-hybridized carbons (Fsp3) is 0.526. The van der Waals surface area contributed by atoms with E-state index in [1.807, 2.05) is 20.8 Å². The van der Waals surface area contributed by atoms with Crippen LogP contribution in [0.1, 0.15) is 39.7 Å². The van der Waals surface area contributed by atoms with Crippen LogP contribution in [0.25, 0.3) is 6.08 Å². The van der Waals surface area contributed by atoms with Gasteiger partial charge in [-0.2, -0.15) is 0 Å². The number of rotatable bonds is 9. The minimum Gasteiger partial charge on any atom is -0.493 e. The topological polar surface area (TPSA) is 59.0 Å². The number of benzene rings is 1. The highest BCUT2D eigenvalue weighted by Gasteiger charge is 2.16. The molecule has 1 atom stereocenters. The van der Waals surface area contributed by atoms with Crippen LogP contribution in [0.15, 0.2) is 18.2 Å². The zero-order valence-electron chi connectivity index (χ0n) is 15.6. The van der Waals surface area contributed by atoms with Crippen molar-refractivity contribution in [2.75, 3.05) is 20.3 Å². The molecule has 140 valence electrons. The first-order valence-corrected chi connectivity index (χ1v) is 8.85. The lowest BCUT2D eigenvalue weighted by molar-refractivity contribution is -0.128. The molecule has 1 unspecified atom stereocenters. The second-order valence-corrected chi connectivity index (χ2v) is 6.56. The standard InChI is InChI=1S/C19H28ClNO4/c1-6-9-25-19-16(20)10-15(11-17(19)24-5)7-8-18(23)21(13(2)3)12-14(4)22/h7-8,10-11,13-14,22H,6,9,12H2,1-5H3. The van der Waals surface area contributed by atoms with Gasteiger partial charge in [0.15, 0.2) is 11.5 Å². The van der Waals surface area contributed by atoms with Crippen LogP contribution in [0, 0.1) is 0 Å². The summed E-state index contributed by atoms with van der Waals surface area (Å²) in [4.78, 5) is 14.0. The summed E-state index contributed by atoms with van der Waals surface area (Å²) in [5.74, 6) is 0.863. The SMILES string of the molecule is CCCOc1c(Cl)cc(C=CC(=O)N(CC(C)O)C(C)C)cc1OC. The molecule has 0 fully saturated rings. The molecule has 0 bridgehead atoms. The van der Waals surface area contributed by atoms with E-state index in [4.69, 9.17) is 21.1 Å². The van der Waals surface area contributed by atoms with Gasteiger partial charge in [0.05, 0.1) is 24.8 Å². The summed E-state index contributed by atoms with van der Waals surface area (Å²) < 4.78 is 11.0. The Labute approximate surface area is 155 Å². The van der Waals surface area contributed by atoms with Crippen molar-refractivity contribution >= 4 is 23.6 Å². The summed E-state index contributed by atoms with van der Waals surface area (Å²) in [6.45, 7) is 8.33. The Balaban J connectivity index is 2.99. The number of aliphatic hydroxyl groups excluding tert-OH is 1. The summed E-state index contributed by atoms with van der Waals surface area (Å²) >= 11 is 6.28. The van der Waals surface area contributed by atoms with E-state index in [0.717, 1.165) is 12.0 Å². The predicted octanol–water partition coefficient (Wildman–Crippen LogP) is 3.77. The van der Waals surface area contributed by atoms with Crippen LogP contribution in [-0.4, -0.2) is 48.3 Å². The fourth-order valence-corrected chi connectivity index (χ4v) is 2.56. The molecule has 0 aliphatic heterocycles. The van der Waals surface area contributed by atoms with E-state index in [-0.39, 0.29) is 18.5 Å². The van der Waals surface area contributed by atoms with Crippen molar-refractivity contribution in [1.29, 1.82) is 0 Å². The summed E-state index contributed by atoms with van der Waals surface area (Å²) in [5, 5.41) is 9.98. The number of halogens is 1. The van der Waals surface area contributed by atoms with Gasteiger partial charge in [0.2, 0.25) is 5.91 Å². The molecule has 0 saturated carbocycles. The summed E-state index contributed by atoms with van der Waals surface area (Å²) in [5.41, 5.74) is 0.736. The zero-order valence-corrected chi connectivity index (χ0v) is 16.3. The van der Waals surface area contributed by atoms with Gasteiger partial charge in [-0.1, -0.05) is 18.5 Å². The molecule has 25 heavy (non-hydrogen) atoms. The Morgan fingerprint density at radius 2 is 2.04 bits per heavy atom. The highest BCUT2D eigenvalue weighted by Crippen LogP contribution is 2.36. The Hall–Kier alpha value is -1.72. The first kappa shape index (κ1) is 21.3. The van der Waals surface area contributed by atoms with Crippen molar-refractivity contribution < 1.29 is 19.4 Å². The zero-order chi connectivity index (χ0) is 19.0. The monoisotopic (exact) mass is 369 g/mol. The third kappa shape index (κ3) is 6.59. The highest BCUT2D eigenvalue weighted by atomic mass is 35.5. The highest BCUT2D eigenvalue weighted by molar-refractivity contribution is 6.32. The van der Waals surface area contributed by atoms with Gasteiger partial charge in [0.25, 0.3) is 0 Å². The molecular formula is C19H28ClNO4. The van der Waals surface area contributed by atoms with Crippen molar-refractivity contribution in [1.82, 2.24) is 4.90 Å². The molecule has 0 spiro atoms. The largest absolute Gasteiger partial charge is 0.493 e. The molecule has 0 saturated heterocycles. The second kappa shape index (κ2) is 10.3. The van der Waals surface area contributed by atoms with E-state index in [1.54, 1.807) is 37.1 Å². The Morgan fingerprint density at radius 1 is 1.36 bits per heavy atom. The molecule has 0 aliphatic carbocycles. The maximum atomic E-state index is 12.4. The van der Waals surface area contributed by atoms with E-state index < -0.39 is 6.10 Å². The number of hydrogen-bond donors (Lipinski definition) is 1. The van der Waals surface area contributed by atoms with E-state index in [9.17, 15) is 9.90 Å². The lowest BCUT2D eigenvalue weighted by atomic mass is 10.1. The number of nitrogens with zero attached hydrogens (tertiary/aromatic N) is 1. The van der Waals surface area contributed by atoms with Crippen molar-refractivity contribution in [2.45, 2.75) is 46.3 Å². The van der Waals surface area contributed by atoms with Gasteiger partial charge in [-0.05, 0) is 51.0 Å². The van der Waals surface area contributed by atoms with Crippen molar-refractivity contribution in [3.05, 3.63) is 28.8 Å². The first-order valence-electron chi connectivity index (χ1n) is 8.47. The predicted molar refractivity (Wildman–Crippen MR) is 101 cm³/mol. The molecule has 6 heteroatoms. The minimum absolute atomic E-state index is 0.00491. The molecule has 1 N–H and O–H groups in total. The van der Waals surface area contributed by atoms with Gasteiger partial charge in [0.1, 0.15) is 0 Å². The van der Waals surface area contributed by atoms with Gasteiger partial charge >= 0.3 is 0 Å². The number of ether oxygens (including phenoxy) is 2. The van der Waals surface area contributed by atoms with Crippen LogP contribution in [-0.2, 0) is 4.79 Å². The average molecular weight is 370 g/mol. The maximum absolute atomic E-state index is 12.4.